The molecule has 0 unspecified atom stereocenters. The first-order chi connectivity index (χ1) is 10.4. The summed E-state index contributed by atoms with van der Waals surface area (Å²) < 4.78 is 0. The van der Waals surface area contributed by atoms with E-state index in [0.29, 0.717) is 30.1 Å². The topological polar surface area (TPSA) is 81.0 Å². The highest BCUT2D eigenvalue weighted by atomic mass is 35.5. The quantitative estimate of drug-likeness (QED) is 0.791. The molecule has 1 aliphatic heterocycles. The van der Waals surface area contributed by atoms with Crippen LogP contribution in [0.25, 0.3) is 6.08 Å². The van der Waals surface area contributed by atoms with Gasteiger partial charge >= 0.3 is 5.97 Å². The number of carbonyl (C=O) groups is 1. The summed E-state index contributed by atoms with van der Waals surface area (Å²) in [6.45, 7) is 2.88. The van der Waals surface area contributed by atoms with Crippen LogP contribution in [0.1, 0.15) is 25.3 Å². The number of likely N-dealkylation sites (tertiary alicyclic amines) is 1. The van der Waals surface area contributed by atoms with E-state index in [1.165, 1.54) is 6.07 Å². The molecule has 1 aromatic carbocycles. The van der Waals surface area contributed by atoms with Gasteiger partial charge in [0, 0.05) is 23.7 Å². The fourth-order valence-corrected chi connectivity index (χ4v) is 2.89. The van der Waals surface area contributed by atoms with Gasteiger partial charge in [0.05, 0.1) is 6.10 Å². The second-order valence-corrected chi connectivity index (χ2v) is 6.13. The first-order valence-electron chi connectivity index (χ1n) is 7.17. The molecule has 3 N–H and O–H groups in total. The third kappa shape index (κ3) is 4.22. The van der Waals surface area contributed by atoms with Crippen LogP contribution in [0.15, 0.2) is 23.8 Å². The van der Waals surface area contributed by atoms with Gasteiger partial charge in [-0.3, -0.25) is 9.69 Å². The first kappa shape index (κ1) is 16.8. The summed E-state index contributed by atoms with van der Waals surface area (Å²) in [6, 6.07) is 4.11. The maximum atomic E-state index is 11.3. The molecule has 2 atom stereocenters. The number of halogens is 1. The molecule has 1 saturated heterocycles. The SMILES string of the molecule is C/C(=C\c1cc(Cl)ccc1O)CN1CC[C@H](O)C[C@@H]1C(=O)O. The molecule has 1 heterocycles. The molecule has 2 rings (SSSR count). The Kier molecular flexibility index (Phi) is 5.45. The van der Waals surface area contributed by atoms with Gasteiger partial charge in [-0.1, -0.05) is 23.3 Å². The van der Waals surface area contributed by atoms with Gasteiger partial charge in [0.1, 0.15) is 11.8 Å². The molecule has 0 saturated carbocycles. The lowest BCUT2D eigenvalue weighted by Gasteiger charge is -2.35. The Morgan fingerprint density at radius 2 is 2.23 bits per heavy atom. The van der Waals surface area contributed by atoms with Crippen molar-refractivity contribution >= 4 is 23.6 Å². The molecule has 0 amide bonds. The minimum absolute atomic E-state index is 0.132. The number of aliphatic hydroxyl groups is 1. The lowest BCUT2D eigenvalue weighted by Crippen LogP contribution is -2.49. The van der Waals surface area contributed by atoms with Gasteiger partial charge in [0.15, 0.2) is 0 Å². The standard InChI is InChI=1S/C16H20ClNO4/c1-10(6-11-7-12(17)2-3-15(11)20)9-18-5-4-13(19)8-14(18)16(21)22/h2-3,6-7,13-14,19-20H,4-5,8-9H2,1H3,(H,21,22)/b10-6+/t13-,14+/m0/s1. The fraction of sp³-hybridized carbons (Fsp3) is 0.438. The van der Waals surface area contributed by atoms with E-state index >= 15 is 0 Å². The smallest absolute Gasteiger partial charge is 0.321 e. The van der Waals surface area contributed by atoms with Crippen molar-refractivity contribution in [3.05, 3.63) is 34.4 Å². The molecule has 0 bridgehead atoms. The Labute approximate surface area is 134 Å². The number of piperidine rings is 1. The zero-order valence-electron chi connectivity index (χ0n) is 12.4. The number of rotatable bonds is 4. The van der Waals surface area contributed by atoms with E-state index in [0.717, 1.165) is 5.57 Å². The molecule has 0 spiro atoms. The van der Waals surface area contributed by atoms with Gasteiger partial charge < -0.3 is 15.3 Å². The normalized spacial score (nSPS) is 23.5. The highest BCUT2D eigenvalue weighted by Crippen LogP contribution is 2.25. The van der Waals surface area contributed by atoms with Gasteiger partial charge in [0.2, 0.25) is 0 Å². The fourth-order valence-electron chi connectivity index (χ4n) is 2.71. The number of benzene rings is 1. The van der Waals surface area contributed by atoms with Crippen LogP contribution in [0.2, 0.25) is 5.02 Å². The highest BCUT2D eigenvalue weighted by Gasteiger charge is 2.32. The second kappa shape index (κ2) is 7.13. The molecule has 0 aromatic heterocycles. The predicted octanol–water partition coefficient (Wildman–Crippen LogP) is 2.36. The molecule has 6 heteroatoms. The van der Waals surface area contributed by atoms with E-state index in [2.05, 4.69) is 0 Å². The molecule has 1 aromatic rings. The molecule has 0 aliphatic carbocycles. The van der Waals surface area contributed by atoms with Crippen molar-refractivity contribution in [3.8, 4) is 5.75 Å². The first-order valence-corrected chi connectivity index (χ1v) is 7.55. The van der Waals surface area contributed by atoms with Gasteiger partial charge in [0.25, 0.3) is 0 Å². The van der Waals surface area contributed by atoms with Crippen LogP contribution in [0, 0.1) is 0 Å². The number of carboxylic acids is 1. The molecule has 22 heavy (non-hydrogen) atoms. The largest absolute Gasteiger partial charge is 0.507 e. The highest BCUT2D eigenvalue weighted by molar-refractivity contribution is 6.30. The summed E-state index contributed by atoms with van der Waals surface area (Å²) in [5.41, 5.74) is 1.52. The Morgan fingerprint density at radius 3 is 2.91 bits per heavy atom. The molecular weight excluding hydrogens is 306 g/mol. The van der Waals surface area contributed by atoms with Gasteiger partial charge in [-0.25, -0.2) is 0 Å². The number of aliphatic carboxylic acids is 1. The minimum atomic E-state index is -0.919. The second-order valence-electron chi connectivity index (χ2n) is 5.70. The van der Waals surface area contributed by atoms with E-state index in [4.69, 9.17) is 11.6 Å². The maximum absolute atomic E-state index is 11.3. The number of hydrogen-bond acceptors (Lipinski definition) is 4. The zero-order chi connectivity index (χ0) is 16.3. The van der Waals surface area contributed by atoms with Crippen molar-refractivity contribution in [2.45, 2.75) is 31.9 Å². The average Bonchev–Trinajstić information content (AvgIpc) is 2.44. The number of hydrogen-bond donors (Lipinski definition) is 3. The summed E-state index contributed by atoms with van der Waals surface area (Å²) in [5, 5.41) is 29.3. The molecular formula is C16H20ClNO4. The number of aliphatic hydroxyl groups excluding tert-OH is 1. The van der Waals surface area contributed by atoms with E-state index in [1.54, 1.807) is 18.2 Å². The van der Waals surface area contributed by atoms with Crippen molar-refractivity contribution < 1.29 is 20.1 Å². The van der Waals surface area contributed by atoms with Crippen LogP contribution in [0.5, 0.6) is 5.75 Å². The van der Waals surface area contributed by atoms with E-state index in [9.17, 15) is 20.1 Å². The van der Waals surface area contributed by atoms with Crippen molar-refractivity contribution in [3.63, 3.8) is 0 Å². The van der Waals surface area contributed by atoms with Crippen LogP contribution in [0.4, 0.5) is 0 Å². The Hall–Kier alpha value is -1.56. The van der Waals surface area contributed by atoms with Crippen molar-refractivity contribution in [2.24, 2.45) is 0 Å². The monoisotopic (exact) mass is 325 g/mol. The minimum Gasteiger partial charge on any atom is -0.507 e. The Balaban J connectivity index is 2.12. The van der Waals surface area contributed by atoms with Gasteiger partial charge in [-0.05, 0) is 38.0 Å². The number of nitrogens with zero attached hydrogens (tertiary/aromatic N) is 1. The summed E-state index contributed by atoms with van der Waals surface area (Å²) >= 11 is 5.92. The average molecular weight is 326 g/mol. The van der Waals surface area contributed by atoms with E-state index in [1.807, 2.05) is 11.8 Å². The molecule has 1 aliphatic rings. The third-order valence-electron chi connectivity index (χ3n) is 3.81. The van der Waals surface area contributed by atoms with Gasteiger partial charge in [-0.2, -0.15) is 0 Å². The van der Waals surface area contributed by atoms with Crippen LogP contribution in [0.3, 0.4) is 0 Å². The summed E-state index contributed by atoms with van der Waals surface area (Å²) in [7, 11) is 0. The van der Waals surface area contributed by atoms with Crippen LogP contribution < -0.4 is 0 Å². The number of aromatic hydroxyl groups is 1. The molecule has 1 fully saturated rings. The van der Waals surface area contributed by atoms with Crippen molar-refractivity contribution in [1.29, 1.82) is 0 Å². The summed E-state index contributed by atoms with van der Waals surface area (Å²) in [4.78, 5) is 13.2. The zero-order valence-corrected chi connectivity index (χ0v) is 13.1. The number of carboxylic acid groups (broad SMARTS) is 1. The number of phenols is 1. The Bertz CT molecular complexity index is 588. The predicted molar refractivity (Wildman–Crippen MR) is 85.0 cm³/mol. The van der Waals surface area contributed by atoms with E-state index < -0.39 is 18.1 Å². The molecule has 5 nitrogen and oxygen atoms in total. The van der Waals surface area contributed by atoms with Crippen molar-refractivity contribution in [1.82, 2.24) is 4.90 Å². The van der Waals surface area contributed by atoms with Crippen LogP contribution in [-0.2, 0) is 4.79 Å². The molecule has 120 valence electrons. The van der Waals surface area contributed by atoms with Gasteiger partial charge in [-0.15, -0.1) is 0 Å². The third-order valence-corrected chi connectivity index (χ3v) is 4.05. The van der Waals surface area contributed by atoms with Crippen LogP contribution >= 0.6 is 11.6 Å². The summed E-state index contributed by atoms with van der Waals surface area (Å²) in [5.74, 6) is -0.787. The Morgan fingerprint density at radius 1 is 1.50 bits per heavy atom. The van der Waals surface area contributed by atoms with E-state index in [-0.39, 0.29) is 12.2 Å². The number of phenolic OH excluding ortho intramolecular Hbond substituents is 1. The maximum Gasteiger partial charge on any atom is 0.321 e. The van der Waals surface area contributed by atoms with Crippen molar-refractivity contribution in [2.75, 3.05) is 13.1 Å². The molecule has 0 radical (unpaired) electrons. The van der Waals surface area contributed by atoms with Crippen LogP contribution in [-0.4, -0.2) is 51.4 Å². The lowest BCUT2D eigenvalue weighted by molar-refractivity contribution is -0.146. The summed E-state index contributed by atoms with van der Waals surface area (Å²) in [6.07, 6.45) is 2.05. The lowest BCUT2D eigenvalue weighted by atomic mass is 9.98.